The molecular formula is C19H21ClFN3O2. The number of aromatic nitrogens is 2. The minimum absolute atomic E-state index is 0.0174. The Morgan fingerprint density at radius 2 is 1.96 bits per heavy atom. The number of nitrogens with zero attached hydrogens (tertiary/aromatic N) is 2. The van der Waals surface area contributed by atoms with Gasteiger partial charge >= 0.3 is 5.97 Å². The highest BCUT2D eigenvalue weighted by atomic mass is 35.5. The van der Waals surface area contributed by atoms with E-state index in [1.54, 1.807) is 0 Å². The van der Waals surface area contributed by atoms with Crippen LogP contribution >= 0.6 is 11.6 Å². The SMILES string of the molecule is O=C(CC1CCC(Nc2nc(Cl)ncc2F)CC1)OCc1ccccc1. The lowest BCUT2D eigenvalue weighted by Crippen LogP contribution is -2.28. The number of nitrogens with one attached hydrogen (secondary N) is 1. The Balaban J connectivity index is 1.40. The maximum Gasteiger partial charge on any atom is 0.306 e. The summed E-state index contributed by atoms with van der Waals surface area (Å²) in [4.78, 5) is 19.5. The zero-order valence-electron chi connectivity index (χ0n) is 14.3. The first-order valence-corrected chi connectivity index (χ1v) is 9.12. The van der Waals surface area contributed by atoms with Crippen molar-refractivity contribution in [3.63, 3.8) is 0 Å². The third-order valence-electron chi connectivity index (χ3n) is 4.60. The van der Waals surface area contributed by atoms with E-state index in [0.717, 1.165) is 37.4 Å². The van der Waals surface area contributed by atoms with Crippen LogP contribution in [0.5, 0.6) is 0 Å². The Labute approximate surface area is 157 Å². The number of rotatable bonds is 6. The van der Waals surface area contributed by atoms with E-state index in [1.165, 1.54) is 0 Å². The summed E-state index contributed by atoms with van der Waals surface area (Å²) in [7, 11) is 0. The first-order valence-electron chi connectivity index (χ1n) is 8.74. The third-order valence-corrected chi connectivity index (χ3v) is 4.78. The normalized spacial score (nSPS) is 19.8. The first kappa shape index (κ1) is 18.6. The second-order valence-electron chi connectivity index (χ2n) is 6.55. The number of benzene rings is 1. The summed E-state index contributed by atoms with van der Waals surface area (Å²) in [5.74, 6) is -0.245. The fraction of sp³-hybridized carbons (Fsp3) is 0.421. The molecule has 0 unspecified atom stereocenters. The average molecular weight is 378 g/mol. The smallest absolute Gasteiger partial charge is 0.306 e. The highest BCUT2D eigenvalue weighted by Crippen LogP contribution is 2.29. The zero-order valence-corrected chi connectivity index (χ0v) is 15.1. The second-order valence-corrected chi connectivity index (χ2v) is 6.89. The van der Waals surface area contributed by atoms with E-state index in [2.05, 4.69) is 15.3 Å². The van der Waals surface area contributed by atoms with E-state index < -0.39 is 5.82 Å². The van der Waals surface area contributed by atoms with Crippen molar-refractivity contribution in [2.45, 2.75) is 44.8 Å². The van der Waals surface area contributed by atoms with E-state index in [4.69, 9.17) is 16.3 Å². The van der Waals surface area contributed by atoms with Crippen molar-refractivity contribution in [3.8, 4) is 0 Å². The number of ether oxygens (including phenoxy) is 1. The molecule has 1 aromatic heterocycles. The molecule has 1 saturated carbocycles. The lowest BCUT2D eigenvalue weighted by atomic mass is 9.84. The molecule has 0 spiro atoms. The Kier molecular flexibility index (Phi) is 6.39. The van der Waals surface area contributed by atoms with Crippen LogP contribution in [0, 0.1) is 11.7 Å². The summed E-state index contributed by atoms with van der Waals surface area (Å²) in [6.45, 7) is 0.310. The molecule has 5 nitrogen and oxygen atoms in total. The molecule has 0 amide bonds. The van der Waals surface area contributed by atoms with Crippen LogP contribution < -0.4 is 5.32 Å². The molecular weight excluding hydrogens is 357 g/mol. The van der Waals surface area contributed by atoms with E-state index >= 15 is 0 Å². The molecule has 1 aromatic carbocycles. The second kappa shape index (κ2) is 8.94. The largest absolute Gasteiger partial charge is 0.461 e. The molecule has 0 radical (unpaired) electrons. The molecule has 138 valence electrons. The molecule has 1 heterocycles. The van der Waals surface area contributed by atoms with Gasteiger partial charge in [-0.2, -0.15) is 4.98 Å². The van der Waals surface area contributed by atoms with E-state index in [0.29, 0.717) is 18.9 Å². The van der Waals surface area contributed by atoms with E-state index in [9.17, 15) is 9.18 Å². The Morgan fingerprint density at radius 1 is 1.23 bits per heavy atom. The van der Waals surface area contributed by atoms with Crippen LogP contribution in [0.1, 0.15) is 37.7 Å². The van der Waals surface area contributed by atoms with Crippen LogP contribution in [0.2, 0.25) is 5.28 Å². The topological polar surface area (TPSA) is 64.1 Å². The van der Waals surface area contributed by atoms with Crippen molar-refractivity contribution in [2.75, 3.05) is 5.32 Å². The van der Waals surface area contributed by atoms with Crippen LogP contribution in [-0.2, 0) is 16.1 Å². The molecule has 7 heteroatoms. The number of carbonyl (C=O) groups is 1. The van der Waals surface area contributed by atoms with Gasteiger partial charge in [-0.15, -0.1) is 0 Å². The summed E-state index contributed by atoms with van der Waals surface area (Å²) in [6, 6.07) is 9.76. The monoisotopic (exact) mass is 377 g/mol. The fourth-order valence-corrected chi connectivity index (χ4v) is 3.32. The van der Waals surface area contributed by atoms with Crippen LogP contribution in [0.4, 0.5) is 10.2 Å². The molecule has 1 N–H and O–H groups in total. The van der Waals surface area contributed by atoms with Crippen molar-refractivity contribution in [1.82, 2.24) is 9.97 Å². The predicted octanol–water partition coefficient (Wildman–Crippen LogP) is 4.37. The van der Waals surface area contributed by atoms with E-state index in [1.807, 2.05) is 30.3 Å². The van der Waals surface area contributed by atoms with Gasteiger partial charge in [0.2, 0.25) is 5.28 Å². The Hall–Kier alpha value is -2.21. The number of carbonyl (C=O) groups excluding carboxylic acids is 1. The standard InChI is InChI=1S/C19H21ClFN3O2/c20-19-22-11-16(21)18(24-19)23-15-8-6-13(7-9-15)10-17(25)26-12-14-4-2-1-3-5-14/h1-5,11,13,15H,6-10,12H2,(H,22,23,24). The minimum atomic E-state index is -0.513. The van der Waals surface area contributed by atoms with Gasteiger partial charge in [0, 0.05) is 12.5 Å². The van der Waals surface area contributed by atoms with E-state index in [-0.39, 0.29) is 23.1 Å². The zero-order chi connectivity index (χ0) is 18.4. The van der Waals surface area contributed by atoms with Crippen LogP contribution in [0.3, 0.4) is 0 Å². The molecule has 1 aliphatic rings. The number of esters is 1. The summed E-state index contributed by atoms with van der Waals surface area (Å²) >= 11 is 5.71. The molecule has 1 aliphatic carbocycles. The van der Waals surface area contributed by atoms with Crippen molar-refractivity contribution in [3.05, 3.63) is 53.2 Å². The van der Waals surface area contributed by atoms with Crippen molar-refractivity contribution in [2.24, 2.45) is 5.92 Å². The van der Waals surface area contributed by atoms with Gasteiger partial charge in [-0.05, 0) is 48.8 Å². The predicted molar refractivity (Wildman–Crippen MR) is 97.2 cm³/mol. The summed E-state index contributed by atoms with van der Waals surface area (Å²) in [5.41, 5.74) is 0.985. The lowest BCUT2D eigenvalue weighted by Gasteiger charge is -2.29. The highest BCUT2D eigenvalue weighted by molar-refractivity contribution is 6.28. The number of halogens is 2. The van der Waals surface area contributed by atoms with Crippen LogP contribution in [0.15, 0.2) is 36.5 Å². The summed E-state index contributed by atoms with van der Waals surface area (Å²) in [6.07, 6.45) is 4.95. The highest BCUT2D eigenvalue weighted by Gasteiger charge is 2.24. The number of anilines is 1. The maximum atomic E-state index is 13.7. The lowest BCUT2D eigenvalue weighted by molar-refractivity contribution is -0.146. The average Bonchev–Trinajstić information content (AvgIpc) is 2.65. The molecule has 0 atom stereocenters. The van der Waals surface area contributed by atoms with Gasteiger partial charge in [-0.25, -0.2) is 9.37 Å². The Bertz CT molecular complexity index is 737. The minimum Gasteiger partial charge on any atom is -0.461 e. The maximum absolute atomic E-state index is 13.7. The van der Waals surface area contributed by atoms with Crippen molar-refractivity contribution < 1.29 is 13.9 Å². The van der Waals surface area contributed by atoms with Gasteiger partial charge in [-0.1, -0.05) is 30.3 Å². The molecule has 0 aliphatic heterocycles. The van der Waals surface area contributed by atoms with Gasteiger partial charge in [0.15, 0.2) is 11.6 Å². The van der Waals surface area contributed by atoms with Gasteiger partial charge in [-0.3, -0.25) is 4.79 Å². The van der Waals surface area contributed by atoms with Gasteiger partial charge < -0.3 is 10.1 Å². The summed E-state index contributed by atoms with van der Waals surface area (Å²) < 4.78 is 19.0. The van der Waals surface area contributed by atoms with Gasteiger partial charge in [0.25, 0.3) is 0 Å². The van der Waals surface area contributed by atoms with Crippen LogP contribution in [-0.4, -0.2) is 22.0 Å². The molecule has 0 saturated heterocycles. The van der Waals surface area contributed by atoms with Crippen LogP contribution in [0.25, 0.3) is 0 Å². The van der Waals surface area contributed by atoms with Gasteiger partial charge in [0.05, 0.1) is 6.20 Å². The molecule has 2 aromatic rings. The summed E-state index contributed by atoms with van der Waals surface area (Å²) in [5, 5.41) is 3.10. The molecule has 3 rings (SSSR count). The van der Waals surface area contributed by atoms with Crippen molar-refractivity contribution >= 4 is 23.4 Å². The Morgan fingerprint density at radius 3 is 2.69 bits per heavy atom. The molecule has 1 fully saturated rings. The van der Waals surface area contributed by atoms with Gasteiger partial charge in [0.1, 0.15) is 6.61 Å². The molecule has 0 bridgehead atoms. The number of hydrogen-bond donors (Lipinski definition) is 1. The molecule has 26 heavy (non-hydrogen) atoms. The third kappa shape index (κ3) is 5.39. The fourth-order valence-electron chi connectivity index (χ4n) is 3.18. The first-order chi connectivity index (χ1) is 12.6. The van der Waals surface area contributed by atoms with Crippen molar-refractivity contribution in [1.29, 1.82) is 0 Å². The quantitative estimate of drug-likeness (QED) is 0.598. The number of hydrogen-bond acceptors (Lipinski definition) is 5.